The van der Waals surface area contributed by atoms with Gasteiger partial charge in [0.2, 0.25) is 0 Å². The van der Waals surface area contributed by atoms with Gasteiger partial charge in [-0.2, -0.15) is 5.10 Å². The van der Waals surface area contributed by atoms with Gasteiger partial charge in [0.05, 0.1) is 50.8 Å². The van der Waals surface area contributed by atoms with Gasteiger partial charge in [-0.15, -0.1) is 0 Å². The molecule has 1 aliphatic heterocycles. The maximum atomic E-state index is 12.0. The number of piperidine rings is 1. The van der Waals surface area contributed by atoms with Gasteiger partial charge >= 0.3 is 0 Å². The Morgan fingerprint density at radius 3 is 2.32 bits per heavy atom. The summed E-state index contributed by atoms with van der Waals surface area (Å²) in [5, 5.41) is 4.42. The van der Waals surface area contributed by atoms with Gasteiger partial charge < -0.3 is 19.1 Å². The molecule has 1 aromatic heterocycles. The Morgan fingerprint density at radius 1 is 1.11 bits per heavy atom. The van der Waals surface area contributed by atoms with Gasteiger partial charge in [0.25, 0.3) is 0 Å². The Balaban J connectivity index is 0.00000190. The van der Waals surface area contributed by atoms with Crippen molar-refractivity contribution in [2.24, 2.45) is 5.92 Å². The number of aromatic nitrogens is 2. The molecule has 162 valence electrons. The molecule has 2 heterocycles. The molecular weight excluding hydrogens is 358 g/mol. The molecule has 7 nitrogen and oxygen atoms in total. The predicted octanol–water partition coefficient (Wildman–Crippen LogP) is 3.06. The zero-order valence-electron chi connectivity index (χ0n) is 18.4. The van der Waals surface area contributed by atoms with Gasteiger partial charge in [0.1, 0.15) is 0 Å². The maximum Gasteiger partial charge on any atom is 0.168 e. The van der Waals surface area contributed by atoms with Crippen LogP contribution in [-0.4, -0.2) is 80.2 Å². The number of Topliss-reactive ketones (excluding diaryl/α,β-unsaturated/α-hetero) is 1. The van der Waals surface area contributed by atoms with E-state index in [9.17, 15) is 4.79 Å². The molecule has 0 unspecified atom stereocenters. The van der Waals surface area contributed by atoms with Crippen LogP contribution in [0.1, 0.15) is 56.9 Å². The molecule has 2 rings (SSSR count). The SMILES string of the molecule is CC.COCCOCCOCCN1CCC(n2cc(C(=O)C(C)C)cn2)CC1. The topological polar surface area (TPSA) is 65.8 Å². The highest BCUT2D eigenvalue weighted by atomic mass is 16.5. The van der Waals surface area contributed by atoms with E-state index in [-0.39, 0.29) is 11.7 Å². The molecule has 0 saturated carbocycles. The van der Waals surface area contributed by atoms with Gasteiger partial charge in [-0.3, -0.25) is 9.48 Å². The molecule has 1 aliphatic rings. The molecule has 1 aromatic rings. The lowest BCUT2D eigenvalue weighted by molar-refractivity contribution is 0.0173. The Hall–Kier alpha value is -1.28. The summed E-state index contributed by atoms with van der Waals surface area (Å²) in [6.45, 7) is 14.1. The van der Waals surface area contributed by atoms with Gasteiger partial charge in [-0.1, -0.05) is 27.7 Å². The first-order chi connectivity index (χ1) is 13.6. The van der Waals surface area contributed by atoms with Crippen LogP contribution in [0.15, 0.2) is 12.4 Å². The number of nitrogens with zero attached hydrogens (tertiary/aromatic N) is 3. The lowest BCUT2D eigenvalue weighted by Crippen LogP contribution is -2.37. The average molecular weight is 398 g/mol. The van der Waals surface area contributed by atoms with Crippen LogP contribution in [0.2, 0.25) is 0 Å². The molecule has 0 bridgehead atoms. The van der Waals surface area contributed by atoms with E-state index in [1.807, 2.05) is 38.6 Å². The number of rotatable bonds is 12. The molecule has 1 fully saturated rings. The van der Waals surface area contributed by atoms with Crippen LogP contribution >= 0.6 is 0 Å². The van der Waals surface area contributed by atoms with Gasteiger partial charge in [-0.25, -0.2) is 0 Å². The molecule has 0 aromatic carbocycles. The van der Waals surface area contributed by atoms with Gasteiger partial charge in [0, 0.05) is 38.9 Å². The molecule has 7 heteroatoms. The van der Waals surface area contributed by atoms with Crippen LogP contribution in [-0.2, 0) is 14.2 Å². The zero-order valence-corrected chi connectivity index (χ0v) is 18.4. The number of ether oxygens (including phenoxy) is 3. The first-order valence-electron chi connectivity index (χ1n) is 10.6. The third-order valence-electron chi connectivity index (χ3n) is 4.70. The molecule has 1 saturated heterocycles. The number of methoxy groups -OCH3 is 1. The Morgan fingerprint density at radius 2 is 1.71 bits per heavy atom. The van der Waals surface area contributed by atoms with Crippen molar-refractivity contribution in [1.29, 1.82) is 0 Å². The monoisotopic (exact) mass is 397 g/mol. The highest BCUT2D eigenvalue weighted by Gasteiger charge is 2.22. The van der Waals surface area contributed by atoms with Crippen LogP contribution in [0.5, 0.6) is 0 Å². The van der Waals surface area contributed by atoms with Crippen molar-refractivity contribution in [3.63, 3.8) is 0 Å². The molecule has 0 amide bonds. The van der Waals surface area contributed by atoms with Crippen molar-refractivity contribution in [3.8, 4) is 0 Å². The lowest BCUT2D eigenvalue weighted by Gasteiger charge is -2.31. The molecule has 0 spiro atoms. The van der Waals surface area contributed by atoms with E-state index >= 15 is 0 Å². The van der Waals surface area contributed by atoms with E-state index in [4.69, 9.17) is 14.2 Å². The molecule has 0 N–H and O–H groups in total. The first-order valence-corrected chi connectivity index (χ1v) is 10.6. The highest BCUT2D eigenvalue weighted by Crippen LogP contribution is 2.22. The average Bonchev–Trinajstić information content (AvgIpc) is 3.21. The molecule has 0 atom stereocenters. The summed E-state index contributed by atoms with van der Waals surface area (Å²) in [5.41, 5.74) is 0.726. The van der Waals surface area contributed by atoms with Crippen LogP contribution in [0, 0.1) is 5.92 Å². The number of ketones is 1. The highest BCUT2D eigenvalue weighted by molar-refractivity contribution is 5.96. The van der Waals surface area contributed by atoms with Crippen LogP contribution in [0.4, 0.5) is 0 Å². The summed E-state index contributed by atoms with van der Waals surface area (Å²) in [6.07, 6.45) is 5.72. The fraction of sp³-hybridized carbons (Fsp3) is 0.810. The number of carbonyl (C=O) groups excluding carboxylic acids is 1. The van der Waals surface area contributed by atoms with Crippen molar-refractivity contribution in [3.05, 3.63) is 18.0 Å². The summed E-state index contributed by atoms with van der Waals surface area (Å²) >= 11 is 0. The third kappa shape index (κ3) is 8.82. The van der Waals surface area contributed by atoms with Crippen molar-refractivity contribution in [1.82, 2.24) is 14.7 Å². The maximum absolute atomic E-state index is 12.0. The van der Waals surface area contributed by atoms with E-state index in [1.54, 1.807) is 13.3 Å². The minimum absolute atomic E-state index is 0.0138. The van der Waals surface area contributed by atoms with Gasteiger partial charge in [0.15, 0.2) is 5.78 Å². The van der Waals surface area contributed by atoms with E-state index in [0.717, 1.165) is 44.6 Å². The summed E-state index contributed by atoms with van der Waals surface area (Å²) < 4.78 is 17.9. The summed E-state index contributed by atoms with van der Waals surface area (Å²) in [7, 11) is 1.67. The predicted molar refractivity (Wildman–Crippen MR) is 111 cm³/mol. The Labute approximate surface area is 170 Å². The molecule has 28 heavy (non-hydrogen) atoms. The second-order valence-electron chi connectivity index (χ2n) is 7.02. The Kier molecular flexibility index (Phi) is 13.0. The fourth-order valence-corrected chi connectivity index (χ4v) is 3.06. The van der Waals surface area contributed by atoms with Gasteiger partial charge in [-0.05, 0) is 12.8 Å². The normalized spacial score (nSPS) is 15.5. The van der Waals surface area contributed by atoms with E-state index in [1.165, 1.54) is 0 Å². The molecular formula is C21H39N3O4. The van der Waals surface area contributed by atoms with Crippen molar-refractivity contribution >= 4 is 5.78 Å². The van der Waals surface area contributed by atoms with Crippen LogP contribution in [0.25, 0.3) is 0 Å². The summed E-state index contributed by atoms with van der Waals surface area (Å²) in [6, 6.07) is 0.384. The standard InChI is InChI=1S/C19H33N3O4.C2H6/c1-16(2)19(23)17-14-20-22(15-17)18-4-6-21(7-5-18)8-9-25-12-13-26-11-10-24-3;1-2/h14-16,18H,4-13H2,1-3H3;1-2H3. The Bertz CT molecular complexity index is 525. The zero-order chi connectivity index (χ0) is 20.8. The van der Waals surface area contributed by atoms with Crippen molar-refractivity contribution in [2.75, 3.05) is 59.8 Å². The third-order valence-corrected chi connectivity index (χ3v) is 4.70. The van der Waals surface area contributed by atoms with E-state index < -0.39 is 0 Å². The number of hydrogen-bond acceptors (Lipinski definition) is 6. The summed E-state index contributed by atoms with van der Waals surface area (Å²) in [5.74, 6) is 0.178. The second-order valence-corrected chi connectivity index (χ2v) is 7.02. The summed E-state index contributed by atoms with van der Waals surface area (Å²) in [4.78, 5) is 14.5. The number of hydrogen-bond donors (Lipinski definition) is 0. The fourth-order valence-electron chi connectivity index (χ4n) is 3.06. The van der Waals surface area contributed by atoms with Crippen LogP contribution < -0.4 is 0 Å². The van der Waals surface area contributed by atoms with E-state index in [2.05, 4.69) is 10.00 Å². The lowest BCUT2D eigenvalue weighted by atomic mass is 10.0. The molecule has 0 aliphatic carbocycles. The minimum atomic E-state index is 0.0138. The number of carbonyl (C=O) groups is 1. The van der Waals surface area contributed by atoms with Crippen molar-refractivity contribution in [2.45, 2.75) is 46.6 Å². The van der Waals surface area contributed by atoms with Crippen LogP contribution in [0.3, 0.4) is 0 Å². The number of likely N-dealkylation sites (tertiary alicyclic amines) is 1. The second kappa shape index (κ2) is 14.7. The molecule has 0 radical (unpaired) electrons. The van der Waals surface area contributed by atoms with Crippen molar-refractivity contribution < 1.29 is 19.0 Å². The first kappa shape index (κ1) is 24.8. The minimum Gasteiger partial charge on any atom is -0.382 e. The van der Waals surface area contributed by atoms with E-state index in [0.29, 0.717) is 32.5 Å². The smallest absolute Gasteiger partial charge is 0.168 e. The largest absolute Gasteiger partial charge is 0.382 e. The quantitative estimate of drug-likeness (QED) is 0.399.